The zero-order valence-corrected chi connectivity index (χ0v) is 12.3. The minimum atomic E-state index is -3.42. The SMILES string of the molecule is CS(=O)(=O)N(CC(=O)Nc1ccc(F)c(Cl)c1)C1CC1. The van der Waals surface area contributed by atoms with Crippen molar-refractivity contribution in [1.29, 1.82) is 0 Å². The van der Waals surface area contributed by atoms with Gasteiger partial charge in [-0.25, -0.2) is 12.8 Å². The van der Waals surface area contributed by atoms with Gasteiger partial charge in [0.2, 0.25) is 15.9 Å². The number of amides is 1. The predicted octanol–water partition coefficient (Wildman–Crippen LogP) is 1.84. The van der Waals surface area contributed by atoms with Crippen LogP contribution in [0.2, 0.25) is 5.02 Å². The van der Waals surface area contributed by atoms with Gasteiger partial charge < -0.3 is 5.32 Å². The number of carbonyl (C=O) groups excluding carboxylic acids is 1. The van der Waals surface area contributed by atoms with Gasteiger partial charge in [-0.3, -0.25) is 4.79 Å². The van der Waals surface area contributed by atoms with E-state index in [9.17, 15) is 17.6 Å². The van der Waals surface area contributed by atoms with E-state index >= 15 is 0 Å². The second-order valence-corrected chi connectivity index (χ2v) is 7.06. The zero-order valence-electron chi connectivity index (χ0n) is 10.8. The first-order chi connectivity index (χ1) is 9.27. The molecule has 0 radical (unpaired) electrons. The van der Waals surface area contributed by atoms with Crippen LogP contribution in [0, 0.1) is 5.82 Å². The van der Waals surface area contributed by atoms with Gasteiger partial charge in [0.1, 0.15) is 5.82 Å². The van der Waals surface area contributed by atoms with Crippen molar-refractivity contribution in [2.75, 3.05) is 18.1 Å². The average molecular weight is 321 g/mol. The van der Waals surface area contributed by atoms with Gasteiger partial charge in [0.25, 0.3) is 0 Å². The van der Waals surface area contributed by atoms with Gasteiger partial charge in [0.05, 0.1) is 17.8 Å². The average Bonchev–Trinajstić information content (AvgIpc) is 3.13. The van der Waals surface area contributed by atoms with Crippen molar-refractivity contribution < 1.29 is 17.6 Å². The quantitative estimate of drug-likeness (QED) is 0.900. The van der Waals surface area contributed by atoms with Gasteiger partial charge in [0.15, 0.2) is 0 Å². The molecule has 5 nitrogen and oxygen atoms in total. The standard InChI is InChI=1S/C12H14ClFN2O3S/c1-20(18,19)16(9-3-4-9)7-12(17)15-8-2-5-11(14)10(13)6-8/h2,5-6,9H,3-4,7H2,1H3,(H,15,17). The van der Waals surface area contributed by atoms with Crippen molar-refractivity contribution in [2.45, 2.75) is 18.9 Å². The van der Waals surface area contributed by atoms with Crippen LogP contribution in [-0.2, 0) is 14.8 Å². The molecule has 2 rings (SSSR count). The molecule has 0 spiro atoms. The monoisotopic (exact) mass is 320 g/mol. The number of benzene rings is 1. The second-order valence-electron chi connectivity index (χ2n) is 4.72. The third-order valence-electron chi connectivity index (χ3n) is 2.88. The lowest BCUT2D eigenvalue weighted by molar-refractivity contribution is -0.116. The summed E-state index contributed by atoms with van der Waals surface area (Å²) in [6.07, 6.45) is 2.61. The topological polar surface area (TPSA) is 66.5 Å². The molecular weight excluding hydrogens is 307 g/mol. The molecule has 0 atom stereocenters. The van der Waals surface area contributed by atoms with Gasteiger partial charge in [0, 0.05) is 11.7 Å². The Morgan fingerprint density at radius 2 is 2.15 bits per heavy atom. The summed E-state index contributed by atoms with van der Waals surface area (Å²) in [6, 6.07) is 3.68. The molecule has 1 N–H and O–H groups in total. The lowest BCUT2D eigenvalue weighted by Gasteiger charge is -2.18. The molecule has 1 saturated carbocycles. The number of nitrogens with zero attached hydrogens (tertiary/aromatic N) is 1. The molecular formula is C12H14ClFN2O3S. The number of sulfonamides is 1. The van der Waals surface area contributed by atoms with Crippen LogP contribution in [0.1, 0.15) is 12.8 Å². The molecule has 110 valence electrons. The fourth-order valence-electron chi connectivity index (χ4n) is 1.80. The maximum Gasteiger partial charge on any atom is 0.239 e. The van der Waals surface area contributed by atoms with Crippen LogP contribution in [0.5, 0.6) is 0 Å². The largest absolute Gasteiger partial charge is 0.325 e. The van der Waals surface area contributed by atoms with Gasteiger partial charge >= 0.3 is 0 Å². The third kappa shape index (κ3) is 3.91. The first kappa shape index (κ1) is 15.2. The van der Waals surface area contributed by atoms with E-state index in [1.165, 1.54) is 16.4 Å². The molecule has 1 fully saturated rings. The van der Waals surface area contributed by atoms with E-state index in [2.05, 4.69) is 5.32 Å². The Bertz CT molecular complexity index is 632. The Balaban J connectivity index is 2.02. The fourth-order valence-corrected chi connectivity index (χ4v) is 3.08. The molecule has 0 unspecified atom stereocenters. The summed E-state index contributed by atoms with van der Waals surface area (Å²) in [5, 5.41) is 2.39. The van der Waals surface area contributed by atoms with Gasteiger partial charge in [-0.15, -0.1) is 0 Å². The minimum absolute atomic E-state index is 0.0902. The molecule has 0 bridgehead atoms. The van der Waals surface area contributed by atoms with Crippen molar-refractivity contribution in [3.8, 4) is 0 Å². The minimum Gasteiger partial charge on any atom is -0.325 e. The maximum atomic E-state index is 13.0. The van der Waals surface area contributed by atoms with Crippen LogP contribution >= 0.6 is 11.6 Å². The Morgan fingerprint density at radius 1 is 1.50 bits per heavy atom. The molecule has 1 aromatic carbocycles. The van der Waals surface area contributed by atoms with Crippen molar-refractivity contribution in [3.63, 3.8) is 0 Å². The lowest BCUT2D eigenvalue weighted by atomic mass is 10.3. The predicted molar refractivity (Wildman–Crippen MR) is 74.6 cm³/mol. The van der Waals surface area contributed by atoms with Crippen LogP contribution in [-0.4, -0.2) is 37.5 Å². The summed E-state index contributed by atoms with van der Waals surface area (Å²) in [4.78, 5) is 11.8. The molecule has 1 amide bonds. The van der Waals surface area contributed by atoms with Gasteiger partial charge in [-0.1, -0.05) is 11.6 Å². The molecule has 0 heterocycles. The number of hydrogen-bond donors (Lipinski definition) is 1. The Kier molecular flexibility index (Phi) is 4.31. The molecule has 0 aromatic heterocycles. The molecule has 1 aromatic rings. The highest BCUT2D eigenvalue weighted by molar-refractivity contribution is 7.88. The van der Waals surface area contributed by atoms with Crippen molar-refractivity contribution in [3.05, 3.63) is 29.0 Å². The Morgan fingerprint density at radius 3 is 2.65 bits per heavy atom. The highest BCUT2D eigenvalue weighted by Crippen LogP contribution is 2.28. The summed E-state index contributed by atoms with van der Waals surface area (Å²) in [6.45, 7) is -0.251. The summed E-state index contributed by atoms with van der Waals surface area (Å²) in [5.41, 5.74) is 0.325. The number of rotatable bonds is 5. The highest BCUT2D eigenvalue weighted by atomic mass is 35.5. The molecule has 8 heteroatoms. The first-order valence-electron chi connectivity index (χ1n) is 5.99. The number of anilines is 1. The zero-order chi connectivity index (χ0) is 14.9. The molecule has 1 aliphatic rings. The van der Waals surface area contributed by atoms with Crippen molar-refractivity contribution >= 4 is 33.2 Å². The first-order valence-corrected chi connectivity index (χ1v) is 8.22. The van der Waals surface area contributed by atoms with E-state index in [0.29, 0.717) is 5.69 Å². The van der Waals surface area contributed by atoms with E-state index < -0.39 is 21.7 Å². The number of nitrogens with one attached hydrogen (secondary N) is 1. The summed E-state index contributed by atoms with van der Waals surface area (Å²) >= 11 is 5.60. The molecule has 0 aliphatic heterocycles. The van der Waals surface area contributed by atoms with Crippen molar-refractivity contribution in [1.82, 2.24) is 4.31 Å². The smallest absolute Gasteiger partial charge is 0.239 e. The van der Waals surface area contributed by atoms with E-state index in [1.54, 1.807) is 0 Å². The normalized spacial score (nSPS) is 15.4. The highest BCUT2D eigenvalue weighted by Gasteiger charge is 2.36. The van der Waals surface area contributed by atoms with Crippen molar-refractivity contribution in [2.24, 2.45) is 0 Å². The van der Waals surface area contributed by atoms with E-state index in [-0.39, 0.29) is 17.6 Å². The fraction of sp³-hybridized carbons (Fsp3) is 0.417. The van der Waals surface area contributed by atoms with Crippen LogP contribution < -0.4 is 5.32 Å². The van der Waals surface area contributed by atoms with E-state index in [0.717, 1.165) is 25.2 Å². The van der Waals surface area contributed by atoms with E-state index in [4.69, 9.17) is 11.6 Å². The molecule has 20 heavy (non-hydrogen) atoms. The van der Waals surface area contributed by atoms with Crippen LogP contribution in [0.15, 0.2) is 18.2 Å². The molecule has 1 aliphatic carbocycles. The summed E-state index contributed by atoms with van der Waals surface area (Å²) in [7, 11) is -3.42. The number of halogens is 2. The third-order valence-corrected chi connectivity index (χ3v) is 4.45. The van der Waals surface area contributed by atoms with Crippen LogP contribution in [0.25, 0.3) is 0 Å². The number of carbonyl (C=O) groups is 1. The van der Waals surface area contributed by atoms with E-state index in [1.807, 2.05) is 0 Å². The number of hydrogen-bond acceptors (Lipinski definition) is 3. The van der Waals surface area contributed by atoms with Gasteiger partial charge in [-0.2, -0.15) is 4.31 Å². The maximum absolute atomic E-state index is 13.0. The summed E-state index contributed by atoms with van der Waals surface area (Å²) < 4.78 is 37.3. The molecule has 0 saturated heterocycles. The van der Waals surface area contributed by atoms with Crippen LogP contribution in [0.3, 0.4) is 0 Å². The Hall–Kier alpha value is -1.18. The summed E-state index contributed by atoms with van der Waals surface area (Å²) in [5.74, 6) is -1.06. The Labute approximate surface area is 121 Å². The van der Waals surface area contributed by atoms with Gasteiger partial charge in [-0.05, 0) is 31.0 Å². The van der Waals surface area contributed by atoms with Crippen LogP contribution in [0.4, 0.5) is 10.1 Å². The lowest BCUT2D eigenvalue weighted by Crippen LogP contribution is -2.38. The second kappa shape index (κ2) is 5.67.